The molecule has 3 heterocycles. The highest BCUT2D eigenvalue weighted by Gasteiger charge is 2.30. The van der Waals surface area contributed by atoms with E-state index in [0.717, 1.165) is 57.2 Å². The Morgan fingerprint density at radius 1 is 1.07 bits per heavy atom. The lowest BCUT2D eigenvalue weighted by Crippen LogP contribution is -2.46. The van der Waals surface area contributed by atoms with Gasteiger partial charge in [0.1, 0.15) is 13.4 Å². The first-order valence-corrected chi connectivity index (χ1v) is 16.6. The first kappa shape index (κ1) is 33.1. The van der Waals surface area contributed by atoms with Crippen molar-refractivity contribution in [3.05, 3.63) is 65.9 Å². The second kappa shape index (κ2) is 15.3. The highest BCUT2D eigenvalue weighted by Crippen LogP contribution is 2.32. The van der Waals surface area contributed by atoms with Crippen LogP contribution in [0.2, 0.25) is 0 Å². The number of fused-ring (bicyclic) bond motifs is 1. The molecule has 0 spiro atoms. The van der Waals surface area contributed by atoms with E-state index in [1.807, 2.05) is 49.9 Å². The number of rotatable bonds is 11. The molecule has 2 saturated heterocycles. The molecular formula is C36H48BN3O5. The second-order valence-electron chi connectivity index (χ2n) is 13.5. The van der Waals surface area contributed by atoms with Gasteiger partial charge in [-0.1, -0.05) is 47.9 Å². The van der Waals surface area contributed by atoms with Gasteiger partial charge >= 0.3 is 6.09 Å². The third-order valence-electron chi connectivity index (χ3n) is 8.61. The van der Waals surface area contributed by atoms with Crippen molar-refractivity contribution in [3.8, 4) is 0 Å². The molecule has 240 valence electrons. The zero-order valence-electron chi connectivity index (χ0n) is 27.1. The van der Waals surface area contributed by atoms with Crippen molar-refractivity contribution in [2.45, 2.75) is 103 Å². The number of hydrogen-bond acceptors (Lipinski definition) is 5. The maximum Gasteiger partial charge on any atom is 0.407 e. The number of benzene rings is 2. The van der Waals surface area contributed by atoms with Crippen molar-refractivity contribution in [2.75, 3.05) is 26.3 Å². The number of para-hydroxylation sites is 1. The molecule has 2 aliphatic heterocycles. The summed E-state index contributed by atoms with van der Waals surface area (Å²) in [6.45, 7) is 9.16. The summed E-state index contributed by atoms with van der Waals surface area (Å²) in [6, 6.07) is 18.0. The Morgan fingerprint density at radius 3 is 2.62 bits per heavy atom. The number of aromatic nitrogens is 1. The minimum absolute atomic E-state index is 0.0414. The zero-order valence-corrected chi connectivity index (χ0v) is 27.1. The molecule has 2 aromatic carbocycles. The Kier molecular flexibility index (Phi) is 11.3. The van der Waals surface area contributed by atoms with Crippen molar-refractivity contribution in [3.63, 3.8) is 0 Å². The molecule has 5 rings (SSSR count). The maximum absolute atomic E-state index is 13.8. The van der Waals surface area contributed by atoms with Crippen LogP contribution in [0.5, 0.6) is 0 Å². The number of likely N-dealkylation sites (tertiary alicyclic amines) is 1. The summed E-state index contributed by atoms with van der Waals surface area (Å²) in [5, 5.41) is 4.18. The molecule has 9 heteroatoms. The van der Waals surface area contributed by atoms with E-state index in [4.69, 9.17) is 22.1 Å². The number of carbonyl (C=O) groups is 2. The SMILES string of the molecule is [B]c1ccc(C[C@H](CC(=O)N2CCCC(c3cc4ccccc4n3CCCOC3CCCCO3)C2)NC(=O)OC(C)(C)C)cc1. The van der Waals surface area contributed by atoms with Gasteiger partial charge in [-0.05, 0) is 88.8 Å². The molecule has 1 aromatic heterocycles. The largest absolute Gasteiger partial charge is 0.444 e. The van der Waals surface area contributed by atoms with Crippen LogP contribution in [0.25, 0.3) is 10.9 Å². The number of amides is 2. The highest BCUT2D eigenvalue weighted by molar-refractivity contribution is 6.32. The summed E-state index contributed by atoms with van der Waals surface area (Å²) >= 11 is 0. The smallest absolute Gasteiger partial charge is 0.407 e. The average molecular weight is 614 g/mol. The Bertz CT molecular complexity index is 1410. The van der Waals surface area contributed by atoms with Crippen LogP contribution >= 0.6 is 0 Å². The van der Waals surface area contributed by atoms with E-state index in [0.29, 0.717) is 31.6 Å². The van der Waals surface area contributed by atoms with E-state index in [9.17, 15) is 9.59 Å². The number of ether oxygens (including phenoxy) is 3. The van der Waals surface area contributed by atoms with Crippen LogP contribution in [-0.4, -0.2) is 73.5 Å². The van der Waals surface area contributed by atoms with Crippen LogP contribution in [0.3, 0.4) is 0 Å². The molecule has 0 saturated carbocycles. The fraction of sp³-hybridized carbons (Fsp3) is 0.556. The molecule has 3 atom stereocenters. The molecule has 0 aliphatic carbocycles. The Balaban J connectivity index is 1.26. The maximum atomic E-state index is 13.8. The molecule has 2 aliphatic rings. The Hall–Kier alpha value is -3.30. The van der Waals surface area contributed by atoms with Crippen molar-refractivity contribution in [2.24, 2.45) is 0 Å². The van der Waals surface area contributed by atoms with Crippen molar-refractivity contribution >= 4 is 36.2 Å². The molecule has 2 radical (unpaired) electrons. The van der Waals surface area contributed by atoms with E-state index in [-0.39, 0.29) is 24.5 Å². The van der Waals surface area contributed by atoms with Crippen molar-refractivity contribution in [1.82, 2.24) is 14.8 Å². The third kappa shape index (κ3) is 9.60. The number of nitrogens with zero attached hydrogens (tertiary/aromatic N) is 2. The summed E-state index contributed by atoms with van der Waals surface area (Å²) in [6.07, 6.45) is 6.20. The Morgan fingerprint density at radius 2 is 1.87 bits per heavy atom. The predicted octanol–water partition coefficient (Wildman–Crippen LogP) is 5.60. The first-order chi connectivity index (χ1) is 21.6. The summed E-state index contributed by atoms with van der Waals surface area (Å²) in [4.78, 5) is 28.5. The van der Waals surface area contributed by atoms with Crippen LogP contribution in [0, 0.1) is 0 Å². The molecule has 2 fully saturated rings. The highest BCUT2D eigenvalue weighted by atomic mass is 16.7. The standard InChI is InChI=1S/C36H48BN3O5/c1-36(2,3)45-35(42)38-30(22-26-14-16-29(37)17-15-26)24-33(41)39-18-8-11-28(25-39)32-23-27-10-4-5-12-31(27)40(32)19-9-21-44-34-13-6-7-20-43-34/h4-5,10,12,14-17,23,28,30,34H,6-9,11,13,18-22,24-25H2,1-3H3,(H,38,42)/t28?,30-,34?/m1/s1. The zero-order chi connectivity index (χ0) is 31.8. The lowest BCUT2D eigenvalue weighted by molar-refractivity contribution is -0.163. The van der Waals surface area contributed by atoms with E-state index < -0.39 is 17.7 Å². The summed E-state index contributed by atoms with van der Waals surface area (Å²) in [5.41, 5.74) is 3.53. The minimum Gasteiger partial charge on any atom is -0.444 e. The van der Waals surface area contributed by atoms with Crippen LogP contribution < -0.4 is 10.8 Å². The van der Waals surface area contributed by atoms with Gasteiger partial charge in [0.05, 0.1) is 6.61 Å². The predicted molar refractivity (Wildman–Crippen MR) is 178 cm³/mol. The third-order valence-corrected chi connectivity index (χ3v) is 8.61. The van der Waals surface area contributed by atoms with Crippen LogP contribution in [0.1, 0.15) is 82.9 Å². The summed E-state index contributed by atoms with van der Waals surface area (Å²) in [5.74, 6) is 0.270. The fourth-order valence-electron chi connectivity index (χ4n) is 6.47. The molecule has 45 heavy (non-hydrogen) atoms. The molecule has 8 nitrogen and oxygen atoms in total. The lowest BCUT2D eigenvalue weighted by atomic mass is 9.92. The van der Waals surface area contributed by atoms with Crippen molar-refractivity contribution < 1.29 is 23.8 Å². The molecular weight excluding hydrogens is 565 g/mol. The quantitative estimate of drug-likeness (QED) is 0.225. The molecule has 0 bridgehead atoms. The van der Waals surface area contributed by atoms with Gasteiger partial charge in [0.25, 0.3) is 0 Å². The topological polar surface area (TPSA) is 82.0 Å². The molecule has 2 unspecified atom stereocenters. The summed E-state index contributed by atoms with van der Waals surface area (Å²) in [7, 11) is 5.88. The van der Waals surface area contributed by atoms with E-state index in [1.54, 1.807) is 0 Å². The number of aryl methyl sites for hydroxylation is 1. The number of carbonyl (C=O) groups excluding carboxylic acids is 2. The Labute approximate surface area is 269 Å². The lowest BCUT2D eigenvalue weighted by Gasteiger charge is -2.34. The molecule has 1 N–H and O–H groups in total. The number of alkyl carbamates (subject to hydrolysis) is 1. The van der Waals surface area contributed by atoms with Gasteiger partial charge in [0.15, 0.2) is 6.29 Å². The summed E-state index contributed by atoms with van der Waals surface area (Å²) < 4.78 is 19.7. The van der Waals surface area contributed by atoms with E-state index in [2.05, 4.69) is 40.2 Å². The van der Waals surface area contributed by atoms with Gasteiger partial charge < -0.3 is 29.0 Å². The second-order valence-corrected chi connectivity index (χ2v) is 13.5. The number of piperidine rings is 1. The molecule has 2 amide bonds. The van der Waals surface area contributed by atoms with Crippen LogP contribution in [0.15, 0.2) is 54.6 Å². The van der Waals surface area contributed by atoms with Gasteiger partial charge in [-0.25, -0.2) is 4.79 Å². The van der Waals surface area contributed by atoms with Gasteiger partial charge in [-0.15, -0.1) is 0 Å². The fourth-order valence-corrected chi connectivity index (χ4v) is 6.47. The average Bonchev–Trinajstić information content (AvgIpc) is 3.38. The van der Waals surface area contributed by atoms with Gasteiger partial charge in [0, 0.05) is 55.8 Å². The monoisotopic (exact) mass is 613 g/mol. The van der Waals surface area contributed by atoms with Gasteiger partial charge in [-0.2, -0.15) is 0 Å². The van der Waals surface area contributed by atoms with Gasteiger partial charge in [0.2, 0.25) is 5.91 Å². The van der Waals surface area contributed by atoms with Crippen molar-refractivity contribution in [1.29, 1.82) is 0 Å². The van der Waals surface area contributed by atoms with Crippen LogP contribution in [0.4, 0.5) is 4.79 Å². The first-order valence-electron chi connectivity index (χ1n) is 16.6. The molecule has 3 aromatic rings. The minimum atomic E-state index is -0.631. The van der Waals surface area contributed by atoms with E-state index >= 15 is 0 Å². The normalized spacial score (nSPS) is 19.8. The van der Waals surface area contributed by atoms with Crippen LogP contribution in [-0.2, 0) is 32.0 Å². The number of nitrogens with one attached hydrogen (secondary N) is 1. The van der Waals surface area contributed by atoms with E-state index in [1.165, 1.54) is 16.6 Å². The van der Waals surface area contributed by atoms with Gasteiger partial charge in [-0.3, -0.25) is 4.79 Å². The number of hydrogen-bond donors (Lipinski definition) is 1.